The lowest BCUT2D eigenvalue weighted by Crippen LogP contribution is -2.40. The summed E-state index contributed by atoms with van der Waals surface area (Å²) in [6.07, 6.45) is 1.58. The van der Waals surface area contributed by atoms with Gasteiger partial charge >= 0.3 is 0 Å². The molecule has 142 valence electrons. The van der Waals surface area contributed by atoms with Crippen molar-refractivity contribution in [2.24, 2.45) is 5.92 Å². The third-order valence-corrected chi connectivity index (χ3v) is 6.01. The molecule has 8 heteroatoms. The lowest BCUT2D eigenvalue weighted by atomic mass is 9.96. The summed E-state index contributed by atoms with van der Waals surface area (Å²) in [6, 6.07) is 4.41. The van der Waals surface area contributed by atoms with E-state index in [-0.39, 0.29) is 11.8 Å². The van der Waals surface area contributed by atoms with Crippen LogP contribution in [0.5, 0.6) is 0 Å². The van der Waals surface area contributed by atoms with Gasteiger partial charge < -0.3 is 14.6 Å². The zero-order chi connectivity index (χ0) is 19.0. The molecule has 1 fully saturated rings. The van der Waals surface area contributed by atoms with E-state index in [2.05, 4.69) is 25.2 Å². The Kier molecular flexibility index (Phi) is 4.82. The van der Waals surface area contributed by atoms with Crippen LogP contribution >= 0.6 is 11.3 Å². The van der Waals surface area contributed by atoms with Crippen LogP contribution in [-0.2, 0) is 11.3 Å². The fraction of sp³-hybridized carbons (Fsp3) is 0.474. The zero-order valence-corrected chi connectivity index (χ0v) is 16.6. The summed E-state index contributed by atoms with van der Waals surface area (Å²) in [5.74, 6) is 0.148. The van der Waals surface area contributed by atoms with Crippen molar-refractivity contribution < 1.29 is 9.21 Å². The van der Waals surface area contributed by atoms with Gasteiger partial charge in [0, 0.05) is 29.6 Å². The van der Waals surface area contributed by atoms with E-state index in [0.29, 0.717) is 23.8 Å². The number of carbonyl (C=O) groups excluding carboxylic acids is 1. The number of nitrogens with zero attached hydrogens (tertiary/aromatic N) is 4. The maximum Gasteiger partial charge on any atom is 0.299 e. The number of carbonyl (C=O) groups is 1. The molecule has 1 N–H and O–H groups in total. The maximum absolute atomic E-state index is 12.5. The first kappa shape index (κ1) is 17.9. The van der Waals surface area contributed by atoms with Gasteiger partial charge in [-0.25, -0.2) is 9.97 Å². The summed E-state index contributed by atoms with van der Waals surface area (Å²) in [4.78, 5) is 29.0. The minimum absolute atomic E-state index is 0.0281. The molecule has 4 heterocycles. The number of thiazole rings is 1. The van der Waals surface area contributed by atoms with E-state index in [0.717, 1.165) is 47.2 Å². The van der Waals surface area contributed by atoms with Crippen LogP contribution in [0.25, 0.3) is 11.2 Å². The number of rotatable bonds is 4. The fourth-order valence-electron chi connectivity index (χ4n) is 3.42. The first-order chi connectivity index (χ1) is 13.0. The number of pyridine rings is 1. The monoisotopic (exact) mass is 385 g/mol. The van der Waals surface area contributed by atoms with Crippen molar-refractivity contribution in [2.45, 2.75) is 40.2 Å². The number of hydrogen-bond donors (Lipinski definition) is 1. The average Bonchev–Trinajstić information content (AvgIpc) is 3.21. The van der Waals surface area contributed by atoms with Crippen molar-refractivity contribution in [3.63, 3.8) is 0 Å². The van der Waals surface area contributed by atoms with E-state index in [9.17, 15) is 4.79 Å². The summed E-state index contributed by atoms with van der Waals surface area (Å²) >= 11 is 1.64. The Morgan fingerprint density at radius 3 is 2.70 bits per heavy atom. The van der Waals surface area contributed by atoms with E-state index in [1.807, 2.05) is 32.9 Å². The van der Waals surface area contributed by atoms with Gasteiger partial charge in [-0.05, 0) is 45.7 Å². The van der Waals surface area contributed by atoms with E-state index in [4.69, 9.17) is 4.42 Å². The molecule has 3 aromatic heterocycles. The Labute approximate surface area is 161 Å². The molecule has 0 radical (unpaired) electrons. The molecule has 0 bridgehead atoms. The highest BCUT2D eigenvalue weighted by Crippen LogP contribution is 2.26. The molecule has 4 rings (SSSR count). The molecule has 1 aliphatic rings. The van der Waals surface area contributed by atoms with Crippen LogP contribution in [0.3, 0.4) is 0 Å². The molecule has 0 atom stereocenters. The van der Waals surface area contributed by atoms with Crippen LogP contribution in [0, 0.1) is 26.7 Å². The van der Waals surface area contributed by atoms with Gasteiger partial charge in [-0.3, -0.25) is 4.79 Å². The standard InChI is InChI=1S/C19H23N5O2S/c1-11-4-5-15-17(21-11)23-19(26-15)24-8-6-14(7-9-24)18(25)20-10-16-12(2)22-13(3)27-16/h4-5,14H,6-10H2,1-3H3,(H,20,25). The number of oxazole rings is 1. The van der Waals surface area contributed by atoms with Gasteiger partial charge in [0.05, 0.1) is 17.2 Å². The third-order valence-electron chi connectivity index (χ3n) is 4.94. The van der Waals surface area contributed by atoms with Crippen LogP contribution in [0.4, 0.5) is 6.01 Å². The molecule has 0 aliphatic carbocycles. The number of amides is 1. The van der Waals surface area contributed by atoms with E-state index >= 15 is 0 Å². The quantitative estimate of drug-likeness (QED) is 0.743. The maximum atomic E-state index is 12.5. The van der Waals surface area contributed by atoms with Crippen molar-refractivity contribution in [2.75, 3.05) is 18.0 Å². The number of aromatic nitrogens is 3. The molecular weight excluding hydrogens is 362 g/mol. The Morgan fingerprint density at radius 2 is 2.00 bits per heavy atom. The Morgan fingerprint density at radius 1 is 1.22 bits per heavy atom. The van der Waals surface area contributed by atoms with Crippen molar-refractivity contribution in [3.05, 3.63) is 33.4 Å². The summed E-state index contributed by atoms with van der Waals surface area (Å²) in [6.45, 7) is 7.98. The molecule has 0 unspecified atom stereocenters. The largest absolute Gasteiger partial charge is 0.422 e. The molecule has 3 aromatic rings. The second kappa shape index (κ2) is 7.26. The molecule has 27 heavy (non-hydrogen) atoms. The van der Waals surface area contributed by atoms with Crippen molar-refractivity contribution in [3.8, 4) is 0 Å². The Hall–Kier alpha value is -2.48. The fourth-order valence-corrected chi connectivity index (χ4v) is 4.30. The summed E-state index contributed by atoms with van der Waals surface area (Å²) < 4.78 is 5.83. The number of nitrogens with one attached hydrogen (secondary N) is 1. The summed E-state index contributed by atoms with van der Waals surface area (Å²) in [7, 11) is 0. The van der Waals surface area contributed by atoms with Gasteiger partial charge in [0.1, 0.15) is 0 Å². The van der Waals surface area contributed by atoms with Gasteiger partial charge in [0.15, 0.2) is 5.58 Å². The first-order valence-corrected chi connectivity index (χ1v) is 10.0. The Bertz CT molecular complexity index is 972. The molecular formula is C19H23N5O2S. The molecule has 1 amide bonds. The van der Waals surface area contributed by atoms with E-state index < -0.39 is 0 Å². The number of fused-ring (bicyclic) bond motifs is 1. The zero-order valence-electron chi connectivity index (χ0n) is 15.8. The molecule has 1 saturated heterocycles. The van der Waals surface area contributed by atoms with Crippen LogP contribution in [-0.4, -0.2) is 33.9 Å². The number of piperidine rings is 1. The molecule has 0 aromatic carbocycles. The first-order valence-electron chi connectivity index (χ1n) is 9.19. The van der Waals surface area contributed by atoms with Crippen LogP contribution < -0.4 is 10.2 Å². The van der Waals surface area contributed by atoms with Crippen molar-refractivity contribution >= 4 is 34.5 Å². The number of aryl methyl sites for hydroxylation is 3. The second-order valence-electron chi connectivity index (χ2n) is 6.99. The molecule has 7 nitrogen and oxygen atoms in total. The highest BCUT2D eigenvalue weighted by atomic mass is 32.1. The van der Waals surface area contributed by atoms with Crippen molar-refractivity contribution in [1.29, 1.82) is 0 Å². The Balaban J connectivity index is 1.33. The van der Waals surface area contributed by atoms with Gasteiger partial charge in [0.2, 0.25) is 11.6 Å². The summed E-state index contributed by atoms with van der Waals surface area (Å²) in [5.41, 5.74) is 3.27. The molecule has 0 spiro atoms. The van der Waals surface area contributed by atoms with Crippen LogP contribution in [0.1, 0.15) is 34.1 Å². The predicted octanol–water partition coefficient (Wildman–Crippen LogP) is 3.14. The second-order valence-corrected chi connectivity index (χ2v) is 8.28. The minimum atomic E-state index is 0.0281. The topological polar surface area (TPSA) is 84.2 Å². The third kappa shape index (κ3) is 3.80. The molecule has 0 saturated carbocycles. The highest BCUT2D eigenvalue weighted by molar-refractivity contribution is 7.11. The van der Waals surface area contributed by atoms with Crippen LogP contribution in [0.15, 0.2) is 16.5 Å². The van der Waals surface area contributed by atoms with E-state index in [1.54, 1.807) is 11.3 Å². The van der Waals surface area contributed by atoms with Gasteiger partial charge in [0.25, 0.3) is 6.01 Å². The lowest BCUT2D eigenvalue weighted by Gasteiger charge is -2.30. The highest BCUT2D eigenvalue weighted by Gasteiger charge is 2.27. The number of anilines is 1. The SMILES string of the molecule is Cc1ccc2oc(N3CCC(C(=O)NCc4sc(C)nc4C)CC3)nc2n1. The smallest absolute Gasteiger partial charge is 0.299 e. The van der Waals surface area contributed by atoms with Gasteiger partial charge in [-0.15, -0.1) is 11.3 Å². The summed E-state index contributed by atoms with van der Waals surface area (Å²) in [5, 5.41) is 4.10. The lowest BCUT2D eigenvalue weighted by molar-refractivity contribution is -0.125. The average molecular weight is 385 g/mol. The normalized spacial score (nSPS) is 15.4. The minimum Gasteiger partial charge on any atom is -0.422 e. The van der Waals surface area contributed by atoms with E-state index in [1.165, 1.54) is 0 Å². The van der Waals surface area contributed by atoms with Gasteiger partial charge in [-0.2, -0.15) is 4.98 Å². The molecule has 1 aliphatic heterocycles. The predicted molar refractivity (Wildman–Crippen MR) is 105 cm³/mol. The van der Waals surface area contributed by atoms with Crippen LogP contribution in [0.2, 0.25) is 0 Å². The van der Waals surface area contributed by atoms with Crippen molar-refractivity contribution in [1.82, 2.24) is 20.3 Å². The number of hydrogen-bond acceptors (Lipinski definition) is 7. The van der Waals surface area contributed by atoms with Gasteiger partial charge in [-0.1, -0.05) is 0 Å².